The van der Waals surface area contributed by atoms with Crippen LogP contribution in [0, 0.1) is 0 Å². The number of methoxy groups -OCH3 is 2. The van der Waals surface area contributed by atoms with Crippen molar-refractivity contribution in [2.24, 2.45) is 0 Å². The van der Waals surface area contributed by atoms with Crippen molar-refractivity contribution in [3.05, 3.63) is 23.8 Å². The van der Waals surface area contributed by atoms with Gasteiger partial charge in [0.05, 0.1) is 14.2 Å². The van der Waals surface area contributed by atoms with Gasteiger partial charge in [-0.2, -0.15) is 0 Å². The summed E-state index contributed by atoms with van der Waals surface area (Å²) in [5.74, 6) is 1.10. The van der Waals surface area contributed by atoms with E-state index in [1.54, 1.807) is 27.2 Å². The largest absolute Gasteiger partial charge is 0.497 e. The first-order chi connectivity index (χ1) is 11.0. The van der Waals surface area contributed by atoms with Crippen molar-refractivity contribution in [1.82, 2.24) is 10.6 Å². The summed E-state index contributed by atoms with van der Waals surface area (Å²) < 4.78 is 10.4. The maximum absolute atomic E-state index is 12.5. The third kappa shape index (κ3) is 4.37. The van der Waals surface area contributed by atoms with Crippen LogP contribution in [-0.4, -0.2) is 31.6 Å². The Hall–Kier alpha value is -2.24. The molecule has 2 rings (SSSR count). The van der Waals surface area contributed by atoms with Gasteiger partial charge < -0.3 is 20.1 Å². The normalized spacial score (nSPS) is 21.1. The Morgan fingerprint density at radius 2 is 1.87 bits per heavy atom. The first-order valence-corrected chi connectivity index (χ1v) is 7.78. The number of ether oxygens (including phenoxy) is 2. The number of hydrogen-bond donors (Lipinski definition) is 2. The van der Waals surface area contributed by atoms with Crippen LogP contribution in [0.1, 0.15) is 38.2 Å². The molecule has 1 aliphatic rings. The second-order valence-corrected chi connectivity index (χ2v) is 5.99. The molecule has 1 unspecified atom stereocenters. The fraction of sp³-hybridized carbons (Fsp3) is 0.529. The molecule has 1 atom stereocenters. The standard InChI is InChI=1S/C17H24N2O4/c1-17(7-5-4-6-15(20)19-17)16(21)18-11-12-8-13(22-2)10-14(9-12)23-3/h8-10H,4-7,11H2,1-3H3,(H,18,21)(H,19,20). The van der Waals surface area contributed by atoms with Crippen LogP contribution in [0.4, 0.5) is 0 Å². The Bertz CT molecular complexity index is 566. The molecular formula is C17H24N2O4. The molecule has 0 spiro atoms. The quantitative estimate of drug-likeness (QED) is 0.867. The lowest BCUT2D eigenvalue weighted by atomic mass is 9.95. The van der Waals surface area contributed by atoms with Crippen molar-refractivity contribution in [3.8, 4) is 11.5 Å². The summed E-state index contributed by atoms with van der Waals surface area (Å²) in [5, 5.41) is 5.73. The maximum atomic E-state index is 12.5. The maximum Gasteiger partial charge on any atom is 0.245 e. The Labute approximate surface area is 136 Å². The predicted molar refractivity (Wildman–Crippen MR) is 86.4 cm³/mol. The van der Waals surface area contributed by atoms with E-state index in [-0.39, 0.29) is 11.8 Å². The van der Waals surface area contributed by atoms with Crippen LogP contribution in [0.15, 0.2) is 18.2 Å². The number of carbonyl (C=O) groups excluding carboxylic acids is 2. The summed E-state index contributed by atoms with van der Waals surface area (Å²) in [4.78, 5) is 24.2. The van der Waals surface area contributed by atoms with E-state index in [1.165, 1.54) is 0 Å². The van der Waals surface area contributed by atoms with Crippen molar-refractivity contribution < 1.29 is 19.1 Å². The van der Waals surface area contributed by atoms with Gasteiger partial charge in [0, 0.05) is 19.0 Å². The van der Waals surface area contributed by atoms with Gasteiger partial charge in [0.25, 0.3) is 0 Å². The zero-order valence-electron chi connectivity index (χ0n) is 13.9. The van der Waals surface area contributed by atoms with E-state index < -0.39 is 5.54 Å². The number of hydrogen-bond acceptors (Lipinski definition) is 4. The van der Waals surface area contributed by atoms with Crippen LogP contribution >= 0.6 is 0 Å². The van der Waals surface area contributed by atoms with Gasteiger partial charge in [-0.15, -0.1) is 0 Å². The highest BCUT2D eigenvalue weighted by atomic mass is 16.5. The van der Waals surface area contributed by atoms with Crippen LogP contribution < -0.4 is 20.1 Å². The van der Waals surface area contributed by atoms with Gasteiger partial charge in [0.2, 0.25) is 11.8 Å². The van der Waals surface area contributed by atoms with Gasteiger partial charge >= 0.3 is 0 Å². The molecule has 2 amide bonds. The summed E-state index contributed by atoms with van der Waals surface area (Å²) in [6.45, 7) is 2.12. The Kier molecular flexibility index (Phi) is 5.47. The van der Waals surface area contributed by atoms with E-state index in [1.807, 2.05) is 12.1 Å². The molecule has 0 aliphatic carbocycles. The smallest absolute Gasteiger partial charge is 0.245 e. The van der Waals surface area contributed by atoms with Crippen molar-refractivity contribution >= 4 is 11.8 Å². The van der Waals surface area contributed by atoms with E-state index >= 15 is 0 Å². The zero-order chi connectivity index (χ0) is 16.9. The number of nitrogens with one attached hydrogen (secondary N) is 2. The van der Waals surface area contributed by atoms with Gasteiger partial charge in [-0.25, -0.2) is 0 Å². The first kappa shape index (κ1) is 17.1. The number of rotatable bonds is 5. The molecule has 1 saturated heterocycles. The summed E-state index contributed by atoms with van der Waals surface area (Å²) in [7, 11) is 3.17. The van der Waals surface area contributed by atoms with Crippen LogP contribution in [0.5, 0.6) is 11.5 Å². The molecular weight excluding hydrogens is 296 g/mol. The van der Waals surface area contributed by atoms with Crippen LogP contribution in [0.2, 0.25) is 0 Å². The molecule has 6 nitrogen and oxygen atoms in total. The molecule has 0 bridgehead atoms. The Balaban J connectivity index is 2.04. The number of benzene rings is 1. The third-order valence-electron chi connectivity index (χ3n) is 4.11. The molecule has 0 radical (unpaired) electrons. The monoisotopic (exact) mass is 320 g/mol. The van der Waals surface area contributed by atoms with Crippen molar-refractivity contribution in [2.75, 3.05) is 14.2 Å². The summed E-state index contributed by atoms with van der Waals surface area (Å²) in [6.07, 6.45) is 2.80. The molecule has 1 aliphatic heterocycles. The number of amides is 2. The van der Waals surface area contributed by atoms with E-state index in [9.17, 15) is 9.59 Å². The topological polar surface area (TPSA) is 76.7 Å². The van der Waals surface area contributed by atoms with Gasteiger partial charge in [-0.3, -0.25) is 9.59 Å². The molecule has 2 N–H and O–H groups in total. The van der Waals surface area contributed by atoms with Gasteiger partial charge in [-0.05, 0) is 37.5 Å². The fourth-order valence-corrected chi connectivity index (χ4v) is 2.71. The molecule has 0 saturated carbocycles. The van der Waals surface area contributed by atoms with Crippen LogP contribution in [-0.2, 0) is 16.1 Å². The third-order valence-corrected chi connectivity index (χ3v) is 4.11. The lowest BCUT2D eigenvalue weighted by Crippen LogP contribution is -2.55. The van der Waals surface area contributed by atoms with Gasteiger partial charge in [-0.1, -0.05) is 6.42 Å². The molecule has 23 heavy (non-hydrogen) atoms. The van der Waals surface area contributed by atoms with Crippen molar-refractivity contribution in [3.63, 3.8) is 0 Å². The number of carbonyl (C=O) groups is 2. The predicted octanol–water partition coefficient (Wildman–Crippen LogP) is 1.77. The van der Waals surface area contributed by atoms with E-state index in [4.69, 9.17) is 9.47 Å². The summed E-state index contributed by atoms with van der Waals surface area (Å²) >= 11 is 0. The van der Waals surface area contributed by atoms with Crippen molar-refractivity contribution in [2.45, 2.75) is 44.7 Å². The lowest BCUT2D eigenvalue weighted by Gasteiger charge is -2.27. The highest BCUT2D eigenvalue weighted by molar-refractivity contribution is 5.91. The molecule has 1 fully saturated rings. The lowest BCUT2D eigenvalue weighted by molar-refractivity contribution is -0.132. The SMILES string of the molecule is COc1cc(CNC(=O)C2(C)CCCCC(=O)N2)cc(OC)c1. The zero-order valence-corrected chi connectivity index (χ0v) is 13.9. The highest BCUT2D eigenvalue weighted by Crippen LogP contribution is 2.23. The van der Waals surface area contributed by atoms with E-state index in [0.717, 1.165) is 18.4 Å². The molecule has 126 valence electrons. The molecule has 0 aromatic heterocycles. The van der Waals surface area contributed by atoms with Gasteiger partial charge in [0.1, 0.15) is 17.0 Å². The Morgan fingerprint density at radius 3 is 2.48 bits per heavy atom. The Morgan fingerprint density at radius 1 is 1.22 bits per heavy atom. The molecule has 1 aromatic rings. The first-order valence-electron chi connectivity index (χ1n) is 7.78. The average molecular weight is 320 g/mol. The second kappa shape index (κ2) is 7.35. The average Bonchev–Trinajstić information content (AvgIpc) is 2.73. The van der Waals surface area contributed by atoms with Gasteiger partial charge in [0.15, 0.2) is 0 Å². The van der Waals surface area contributed by atoms with Crippen LogP contribution in [0.3, 0.4) is 0 Å². The minimum atomic E-state index is -0.851. The fourth-order valence-electron chi connectivity index (χ4n) is 2.71. The second-order valence-electron chi connectivity index (χ2n) is 5.99. The summed E-state index contributed by atoms with van der Waals surface area (Å²) in [6, 6.07) is 5.46. The molecule has 1 aromatic carbocycles. The highest BCUT2D eigenvalue weighted by Gasteiger charge is 2.35. The van der Waals surface area contributed by atoms with E-state index in [2.05, 4.69) is 10.6 Å². The van der Waals surface area contributed by atoms with E-state index in [0.29, 0.717) is 30.9 Å². The van der Waals surface area contributed by atoms with Crippen LogP contribution in [0.25, 0.3) is 0 Å². The minimum absolute atomic E-state index is 0.0665. The minimum Gasteiger partial charge on any atom is -0.497 e. The molecule has 1 heterocycles. The molecule has 6 heteroatoms. The summed E-state index contributed by atoms with van der Waals surface area (Å²) in [5.41, 5.74) is 0.0226. The van der Waals surface area contributed by atoms with Crippen molar-refractivity contribution in [1.29, 1.82) is 0 Å².